The summed E-state index contributed by atoms with van der Waals surface area (Å²) in [4.78, 5) is 32.1. The molecule has 3 atom stereocenters. The van der Waals surface area contributed by atoms with Gasteiger partial charge in [-0.2, -0.15) is 5.10 Å². The minimum absolute atomic E-state index is 0.0697. The second-order valence-electron chi connectivity index (χ2n) is 11.2. The molecule has 220 valence electrons. The number of fused-ring (bicyclic) bond motifs is 2. The summed E-state index contributed by atoms with van der Waals surface area (Å²) < 4.78 is 0. The zero-order chi connectivity index (χ0) is 29.3. The molecule has 2 amide bonds. The van der Waals surface area contributed by atoms with Crippen molar-refractivity contribution < 1.29 is 9.59 Å². The number of carbonyl (C=O) groups excluding carboxylic acids is 2. The van der Waals surface area contributed by atoms with E-state index in [1.807, 2.05) is 73.0 Å². The van der Waals surface area contributed by atoms with Gasteiger partial charge in [0.25, 0.3) is 0 Å². The molecule has 12 heteroatoms. The maximum atomic E-state index is 12.9. The van der Waals surface area contributed by atoms with Crippen molar-refractivity contribution in [3.8, 4) is 0 Å². The fraction of sp³-hybridized carbons (Fsp3) is 0.323. The lowest BCUT2D eigenvalue weighted by Crippen LogP contribution is -2.32. The predicted molar refractivity (Wildman–Crippen MR) is 172 cm³/mol. The molecule has 3 aromatic heterocycles. The minimum atomic E-state index is -0.102. The number of nitrogens with zero attached hydrogens (tertiary/aromatic N) is 4. The van der Waals surface area contributed by atoms with Crippen LogP contribution in [0.25, 0.3) is 21.8 Å². The van der Waals surface area contributed by atoms with Gasteiger partial charge < -0.3 is 20.6 Å². The summed E-state index contributed by atoms with van der Waals surface area (Å²) in [6, 6.07) is 16.0. The zero-order valence-electron chi connectivity index (χ0n) is 23.7. The Morgan fingerprint density at radius 2 is 1.56 bits per heavy atom. The Morgan fingerprint density at radius 1 is 0.907 bits per heavy atom. The van der Waals surface area contributed by atoms with E-state index < -0.39 is 0 Å². The molecule has 7 rings (SSSR count). The third-order valence-electron chi connectivity index (χ3n) is 8.30. The van der Waals surface area contributed by atoms with E-state index in [-0.39, 0.29) is 29.5 Å². The van der Waals surface area contributed by atoms with Crippen LogP contribution in [0.1, 0.15) is 47.7 Å². The van der Waals surface area contributed by atoms with Crippen LogP contribution in [-0.2, 0) is 22.4 Å². The van der Waals surface area contributed by atoms with E-state index in [1.165, 1.54) is 11.3 Å². The molecule has 0 bridgehead atoms. The summed E-state index contributed by atoms with van der Waals surface area (Å²) >= 11 is 3.10. The van der Waals surface area contributed by atoms with Crippen LogP contribution in [-0.4, -0.2) is 54.6 Å². The van der Waals surface area contributed by atoms with Gasteiger partial charge in [-0.3, -0.25) is 14.6 Å². The fourth-order valence-electron chi connectivity index (χ4n) is 6.26. The van der Waals surface area contributed by atoms with E-state index in [1.54, 1.807) is 11.8 Å². The Balaban J connectivity index is 0.931. The normalized spacial score (nSPS) is 20.4. The second-order valence-corrected chi connectivity index (χ2v) is 13.3. The van der Waals surface area contributed by atoms with Gasteiger partial charge in [-0.15, -0.1) is 10.2 Å². The highest BCUT2D eigenvalue weighted by Crippen LogP contribution is 2.44. The quantitative estimate of drug-likeness (QED) is 0.190. The van der Waals surface area contributed by atoms with Gasteiger partial charge in [-0.05, 0) is 48.4 Å². The highest BCUT2D eigenvalue weighted by molar-refractivity contribution is 8.14. The van der Waals surface area contributed by atoms with Crippen LogP contribution in [0.15, 0.2) is 66.0 Å². The Labute approximate surface area is 256 Å². The minimum Gasteiger partial charge on any atom is -0.361 e. The lowest BCUT2D eigenvalue weighted by molar-refractivity contribution is -0.119. The first-order chi connectivity index (χ1) is 21.0. The van der Waals surface area contributed by atoms with Crippen LogP contribution in [0.2, 0.25) is 0 Å². The predicted octanol–water partition coefficient (Wildman–Crippen LogP) is 5.59. The van der Waals surface area contributed by atoms with Gasteiger partial charge in [-0.25, -0.2) is 0 Å². The molecule has 2 aromatic carbocycles. The number of aromatic amines is 2. The SMILES string of the molecule is CN1N=C(NC(=O)Cc2c[nH]c3ccccc23)SC1[C@@H]1CCC[C@H](c2nnc(NC(=O)Cc3c[nH]c4ccccc34)s2)C1. The molecular formula is C31H32N8O2S2. The highest BCUT2D eigenvalue weighted by atomic mass is 32.2. The number of hydrazone groups is 1. The smallest absolute Gasteiger partial charge is 0.230 e. The Hall–Kier alpha value is -4.16. The van der Waals surface area contributed by atoms with Gasteiger partial charge in [-0.1, -0.05) is 65.9 Å². The molecule has 1 aliphatic carbocycles. The molecule has 0 spiro atoms. The largest absolute Gasteiger partial charge is 0.361 e. The van der Waals surface area contributed by atoms with E-state index >= 15 is 0 Å². The number of carbonyl (C=O) groups is 2. The van der Waals surface area contributed by atoms with Crippen molar-refractivity contribution in [3.05, 3.63) is 77.1 Å². The van der Waals surface area contributed by atoms with Crippen LogP contribution >= 0.6 is 23.1 Å². The topological polar surface area (TPSA) is 131 Å². The first kappa shape index (κ1) is 27.7. The van der Waals surface area contributed by atoms with Crippen LogP contribution in [0.4, 0.5) is 5.13 Å². The molecule has 1 fully saturated rings. The Morgan fingerprint density at radius 3 is 2.26 bits per heavy atom. The maximum absolute atomic E-state index is 12.9. The van der Waals surface area contributed by atoms with Crippen molar-refractivity contribution in [1.29, 1.82) is 0 Å². The van der Waals surface area contributed by atoms with Gasteiger partial charge in [0.15, 0.2) is 5.17 Å². The molecule has 1 unspecified atom stereocenters. The summed E-state index contributed by atoms with van der Waals surface area (Å²) in [6.07, 6.45) is 8.55. The third kappa shape index (κ3) is 5.89. The Bertz CT molecular complexity index is 1820. The summed E-state index contributed by atoms with van der Waals surface area (Å²) in [5.74, 6) is 0.503. The number of benzene rings is 2. The summed E-state index contributed by atoms with van der Waals surface area (Å²) in [7, 11) is 1.98. The first-order valence-electron chi connectivity index (χ1n) is 14.5. The Kier molecular flexibility index (Phi) is 7.62. The second kappa shape index (κ2) is 11.8. The molecule has 1 aliphatic heterocycles. The number of thioether (sulfide) groups is 1. The van der Waals surface area contributed by atoms with Crippen LogP contribution < -0.4 is 10.6 Å². The van der Waals surface area contributed by atoms with E-state index in [9.17, 15) is 9.59 Å². The number of amides is 2. The van der Waals surface area contributed by atoms with Crippen molar-refractivity contribution in [3.63, 3.8) is 0 Å². The van der Waals surface area contributed by atoms with Gasteiger partial charge in [0.1, 0.15) is 10.4 Å². The number of H-pyrrole nitrogens is 2. The number of aromatic nitrogens is 4. The van der Waals surface area contributed by atoms with E-state index in [4.69, 9.17) is 0 Å². The molecule has 0 saturated heterocycles. The standard InChI is InChI=1S/C31H32N8O2S2/c1-39-29(43-31(38-39)35-27(41)15-21-17-33-25-12-5-3-10-23(21)25)19-8-6-7-18(13-19)28-36-37-30(42-28)34-26(40)14-20-16-32-24-11-4-2-9-22(20)24/h2-5,9-12,16-19,29,32-33H,6-8,13-15H2,1H3,(H,34,37,40)(H,35,38,41)/t18-,19+,29?/m0/s1. The average Bonchev–Trinajstić information content (AvgIpc) is 3.81. The number of rotatable bonds is 7. The van der Waals surface area contributed by atoms with Crippen LogP contribution in [0.5, 0.6) is 0 Å². The summed E-state index contributed by atoms with van der Waals surface area (Å²) in [5.41, 5.74) is 3.98. The zero-order valence-corrected chi connectivity index (χ0v) is 25.3. The molecule has 4 N–H and O–H groups in total. The van der Waals surface area contributed by atoms with Gasteiger partial charge in [0.2, 0.25) is 16.9 Å². The number of hydrogen-bond donors (Lipinski definition) is 4. The van der Waals surface area contributed by atoms with Gasteiger partial charge >= 0.3 is 0 Å². The first-order valence-corrected chi connectivity index (χ1v) is 16.2. The van der Waals surface area contributed by atoms with Crippen molar-refractivity contribution in [2.45, 2.75) is 49.8 Å². The molecule has 10 nitrogen and oxygen atoms in total. The molecule has 1 saturated carbocycles. The highest BCUT2D eigenvalue weighted by Gasteiger charge is 2.37. The molecule has 43 heavy (non-hydrogen) atoms. The van der Waals surface area contributed by atoms with Crippen molar-refractivity contribution in [1.82, 2.24) is 30.5 Å². The van der Waals surface area contributed by atoms with Gasteiger partial charge in [0, 0.05) is 47.2 Å². The van der Waals surface area contributed by atoms with Crippen molar-refractivity contribution in [2.75, 3.05) is 12.4 Å². The van der Waals surface area contributed by atoms with Crippen molar-refractivity contribution >= 4 is 67.0 Å². The molecule has 4 heterocycles. The lowest BCUT2D eigenvalue weighted by Gasteiger charge is -2.33. The molecule has 0 radical (unpaired) electrons. The van der Waals surface area contributed by atoms with Gasteiger partial charge in [0.05, 0.1) is 12.8 Å². The van der Waals surface area contributed by atoms with Crippen LogP contribution in [0, 0.1) is 5.92 Å². The fourth-order valence-corrected chi connectivity index (χ4v) is 8.38. The maximum Gasteiger partial charge on any atom is 0.230 e. The average molecular weight is 613 g/mol. The van der Waals surface area contributed by atoms with E-state index in [0.717, 1.165) is 63.6 Å². The molecule has 5 aromatic rings. The van der Waals surface area contributed by atoms with Crippen LogP contribution in [0.3, 0.4) is 0 Å². The molecule has 2 aliphatic rings. The lowest BCUT2D eigenvalue weighted by atomic mass is 9.81. The number of nitrogens with one attached hydrogen (secondary N) is 4. The number of hydrogen-bond acceptors (Lipinski definition) is 8. The monoisotopic (exact) mass is 612 g/mol. The van der Waals surface area contributed by atoms with E-state index in [2.05, 4.69) is 35.9 Å². The number of para-hydroxylation sites is 2. The van der Waals surface area contributed by atoms with Crippen molar-refractivity contribution in [2.24, 2.45) is 11.0 Å². The number of anilines is 1. The number of amidine groups is 1. The molecular weight excluding hydrogens is 581 g/mol. The summed E-state index contributed by atoms with van der Waals surface area (Å²) in [5, 5.41) is 25.8. The third-order valence-corrected chi connectivity index (χ3v) is 10.6. The van der Waals surface area contributed by atoms with E-state index in [0.29, 0.717) is 22.6 Å². The summed E-state index contributed by atoms with van der Waals surface area (Å²) in [6.45, 7) is 0.